The lowest BCUT2D eigenvalue weighted by atomic mass is 9.66. The van der Waals surface area contributed by atoms with Crippen LogP contribution in [0.25, 0.3) is 11.3 Å². The molecule has 3 fully saturated rings. The number of nitrogens with zero attached hydrogens (tertiary/aromatic N) is 4. The Bertz CT molecular complexity index is 1060. The van der Waals surface area contributed by atoms with Crippen molar-refractivity contribution in [3.8, 4) is 11.3 Å². The first-order valence-electron chi connectivity index (χ1n) is 12.3. The second-order valence-electron chi connectivity index (χ2n) is 10.3. The van der Waals surface area contributed by atoms with Gasteiger partial charge in [0.15, 0.2) is 0 Å². The number of aromatic nitrogens is 2. The van der Waals surface area contributed by atoms with Crippen LogP contribution in [0.15, 0.2) is 47.5 Å². The van der Waals surface area contributed by atoms with Crippen molar-refractivity contribution in [3.05, 3.63) is 53.1 Å². The van der Waals surface area contributed by atoms with Gasteiger partial charge in [0, 0.05) is 42.7 Å². The SMILES string of the molecule is CC1CCCN1C(=O)N1CCC(O)(Cn2cnc(-c3ccccc3)cc2=O)C2(CCCC2)C1. The molecule has 3 heterocycles. The predicted octanol–water partition coefficient (Wildman–Crippen LogP) is 3.51. The average Bonchev–Trinajstić information content (AvgIpc) is 3.47. The van der Waals surface area contributed by atoms with Gasteiger partial charge in [-0.15, -0.1) is 0 Å². The third kappa shape index (κ3) is 3.97. The lowest BCUT2D eigenvalue weighted by Gasteiger charge is -2.53. The maximum Gasteiger partial charge on any atom is 0.320 e. The smallest absolute Gasteiger partial charge is 0.320 e. The number of benzene rings is 1. The molecule has 1 aliphatic carbocycles. The molecule has 2 atom stereocenters. The third-order valence-electron chi connectivity index (χ3n) is 8.29. The summed E-state index contributed by atoms with van der Waals surface area (Å²) in [4.78, 5) is 34.7. The van der Waals surface area contributed by atoms with E-state index in [1.165, 1.54) is 0 Å². The second-order valence-corrected chi connectivity index (χ2v) is 10.3. The van der Waals surface area contributed by atoms with E-state index in [4.69, 9.17) is 0 Å². The molecular weight excluding hydrogens is 416 g/mol. The van der Waals surface area contributed by atoms with Gasteiger partial charge < -0.3 is 14.9 Å². The summed E-state index contributed by atoms with van der Waals surface area (Å²) in [5.74, 6) is 0. The van der Waals surface area contributed by atoms with Gasteiger partial charge in [0.2, 0.25) is 0 Å². The van der Waals surface area contributed by atoms with Crippen LogP contribution in [0.3, 0.4) is 0 Å². The first-order valence-corrected chi connectivity index (χ1v) is 12.3. The van der Waals surface area contributed by atoms with Gasteiger partial charge in [-0.3, -0.25) is 9.36 Å². The summed E-state index contributed by atoms with van der Waals surface area (Å²) in [6, 6.07) is 11.6. The summed E-state index contributed by atoms with van der Waals surface area (Å²) in [5, 5.41) is 12.0. The Balaban J connectivity index is 1.38. The molecule has 1 spiro atoms. The zero-order valence-corrected chi connectivity index (χ0v) is 19.4. The Morgan fingerprint density at radius 1 is 1.12 bits per heavy atom. The van der Waals surface area contributed by atoms with E-state index in [1.54, 1.807) is 17.0 Å². The van der Waals surface area contributed by atoms with Crippen LogP contribution in [0.2, 0.25) is 0 Å². The number of hydrogen-bond donors (Lipinski definition) is 1. The van der Waals surface area contributed by atoms with E-state index < -0.39 is 5.60 Å². The van der Waals surface area contributed by atoms with Crippen LogP contribution in [0, 0.1) is 5.41 Å². The molecule has 1 aromatic heterocycles. The molecule has 0 bridgehead atoms. The van der Waals surface area contributed by atoms with Crippen LogP contribution in [-0.2, 0) is 6.54 Å². The molecule has 176 valence electrons. The van der Waals surface area contributed by atoms with Gasteiger partial charge >= 0.3 is 6.03 Å². The topological polar surface area (TPSA) is 78.7 Å². The first kappa shape index (κ1) is 22.1. The molecular formula is C26H34N4O3. The maximum atomic E-state index is 13.3. The lowest BCUT2D eigenvalue weighted by Crippen LogP contribution is -2.63. The fourth-order valence-electron chi connectivity index (χ4n) is 6.25. The molecule has 2 aromatic rings. The minimum Gasteiger partial charge on any atom is -0.387 e. The Kier molecular flexibility index (Phi) is 5.77. The number of urea groups is 1. The van der Waals surface area contributed by atoms with Crippen molar-refractivity contribution < 1.29 is 9.90 Å². The van der Waals surface area contributed by atoms with Crippen LogP contribution in [-0.4, -0.2) is 61.8 Å². The summed E-state index contributed by atoms with van der Waals surface area (Å²) in [7, 11) is 0. The highest BCUT2D eigenvalue weighted by Gasteiger charge is 2.56. The Morgan fingerprint density at radius 2 is 1.88 bits per heavy atom. The van der Waals surface area contributed by atoms with Crippen molar-refractivity contribution in [2.75, 3.05) is 19.6 Å². The molecule has 7 heteroatoms. The van der Waals surface area contributed by atoms with E-state index in [0.717, 1.165) is 50.6 Å². The second kappa shape index (κ2) is 8.60. The van der Waals surface area contributed by atoms with Crippen molar-refractivity contribution in [3.63, 3.8) is 0 Å². The molecule has 2 amide bonds. The van der Waals surface area contributed by atoms with Crippen molar-refractivity contribution in [2.45, 2.75) is 70.1 Å². The Labute approximate surface area is 195 Å². The molecule has 2 saturated heterocycles. The van der Waals surface area contributed by atoms with E-state index in [9.17, 15) is 14.7 Å². The standard InChI is InChI=1S/C26H34N4O3/c1-20-8-7-14-30(20)24(32)28-15-13-26(33,25(17-28)11-5-6-12-25)18-29-19-27-22(16-23(29)31)21-9-3-2-4-10-21/h2-4,9-10,16,19-20,33H,5-8,11-15,17-18H2,1H3. The molecule has 0 radical (unpaired) electrons. The first-order chi connectivity index (χ1) is 15.9. The Hall–Kier alpha value is -2.67. The quantitative estimate of drug-likeness (QED) is 0.776. The molecule has 5 rings (SSSR count). The number of likely N-dealkylation sites (tertiary alicyclic amines) is 2. The number of hydrogen-bond acceptors (Lipinski definition) is 4. The molecule has 1 N–H and O–H groups in total. The maximum absolute atomic E-state index is 13.3. The molecule has 2 unspecified atom stereocenters. The van der Waals surface area contributed by atoms with Crippen LogP contribution in [0.5, 0.6) is 0 Å². The summed E-state index contributed by atoms with van der Waals surface area (Å²) < 4.78 is 1.55. The van der Waals surface area contributed by atoms with Gasteiger partial charge in [-0.1, -0.05) is 43.2 Å². The minimum atomic E-state index is -1.03. The monoisotopic (exact) mass is 450 g/mol. The number of carbonyl (C=O) groups excluding carboxylic acids is 1. The van der Waals surface area contributed by atoms with Crippen LogP contribution in [0.4, 0.5) is 4.79 Å². The predicted molar refractivity (Wildman–Crippen MR) is 127 cm³/mol. The van der Waals surface area contributed by atoms with Gasteiger partial charge in [0.25, 0.3) is 5.56 Å². The number of rotatable bonds is 3. The van der Waals surface area contributed by atoms with E-state index in [1.807, 2.05) is 40.1 Å². The number of aliphatic hydroxyl groups is 1. The summed E-state index contributed by atoms with van der Waals surface area (Å²) in [6.45, 7) is 4.24. The van der Waals surface area contributed by atoms with E-state index in [-0.39, 0.29) is 29.6 Å². The molecule has 1 aromatic carbocycles. The average molecular weight is 451 g/mol. The fraction of sp³-hybridized carbons (Fsp3) is 0.577. The zero-order chi connectivity index (χ0) is 23.1. The fourth-order valence-corrected chi connectivity index (χ4v) is 6.25. The number of amides is 2. The van der Waals surface area contributed by atoms with Gasteiger partial charge in [0.05, 0.1) is 24.2 Å². The molecule has 1 saturated carbocycles. The molecule has 3 aliphatic rings. The minimum absolute atomic E-state index is 0.111. The van der Waals surface area contributed by atoms with Gasteiger partial charge in [-0.05, 0) is 39.0 Å². The summed E-state index contributed by atoms with van der Waals surface area (Å²) in [5.41, 5.74) is -0.0250. The van der Waals surface area contributed by atoms with Gasteiger partial charge in [-0.2, -0.15) is 0 Å². The van der Waals surface area contributed by atoms with Crippen molar-refractivity contribution in [2.24, 2.45) is 5.41 Å². The van der Waals surface area contributed by atoms with Crippen LogP contribution in [0.1, 0.15) is 51.9 Å². The van der Waals surface area contributed by atoms with Crippen LogP contribution < -0.4 is 5.56 Å². The zero-order valence-electron chi connectivity index (χ0n) is 19.4. The number of carbonyl (C=O) groups is 1. The van der Waals surface area contributed by atoms with E-state index >= 15 is 0 Å². The highest BCUT2D eigenvalue weighted by atomic mass is 16.3. The van der Waals surface area contributed by atoms with Gasteiger partial charge in [-0.25, -0.2) is 9.78 Å². The lowest BCUT2D eigenvalue weighted by molar-refractivity contribution is -0.136. The third-order valence-corrected chi connectivity index (χ3v) is 8.29. The summed E-state index contributed by atoms with van der Waals surface area (Å²) >= 11 is 0. The van der Waals surface area contributed by atoms with E-state index in [0.29, 0.717) is 25.2 Å². The van der Waals surface area contributed by atoms with E-state index in [2.05, 4.69) is 11.9 Å². The Morgan fingerprint density at radius 3 is 2.55 bits per heavy atom. The molecule has 7 nitrogen and oxygen atoms in total. The van der Waals surface area contributed by atoms with Crippen molar-refractivity contribution in [1.29, 1.82) is 0 Å². The van der Waals surface area contributed by atoms with Crippen molar-refractivity contribution in [1.82, 2.24) is 19.4 Å². The normalized spacial score (nSPS) is 26.8. The molecule has 33 heavy (non-hydrogen) atoms. The largest absolute Gasteiger partial charge is 0.387 e. The molecule has 2 aliphatic heterocycles. The highest BCUT2D eigenvalue weighted by Crippen LogP contribution is 2.51. The number of piperidine rings is 1. The summed E-state index contributed by atoms with van der Waals surface area (Å²) in [6.07, 6.45) is 8.02. The van der Waals surface area contributed by atoms with Crippen LogP contribution >= 0.6 is 0 Å². The van der Waals surface area contributed by atoms with Crippen molar-refractivity contribution >= 4 is 6.03 Å². The van der Waals surface area contributed by atoms with Gasteiger partial charge in [0.1, 0.15) is 0 Å². The highest BCUT2D eigenvalue weighted by molar-refractivity contribution is 5.75.